The van der Waals surface area contributed by atoms with Crippen LogP contribution in [-0.2, 0) is 19.2 Å². The van der Waals surface area contributed by atoms with Gasteiger partial charge in [0.15, 0.2) is 11.9 Å². The highest BCUT2D eigenvalue weighted by molar-refractivity contribution is 7.99. The lowest BCUT2D eigenvalue weighted by Gasteiger charge is -2.14. The van der Waals surface area contributed by atoms with Crippen molar-refractivity contribution in [1.29, 1.82) is 0 Å². The number of aromatic nitrogens is 4. The zero-order chi connectivity index (χ0) is 21.5. The van der Waals surface area contributed by atoms with Crippen LogP contribution in [0.15, 0.2) is 40.5 Å². The second-order valence-electron chi connectivity index (χ2n) is 6.84. The monoisotopic (exact) mass is 452 g/mol. The fraction of sp³-hybridized carbons (Fsp3) is 0.353. The molecule has 2 aromatic heterocycles. The van der Waals surface area contributed by atoms with Crippen LogP contribution in [0, 0.1) is 6.92 Å². The average molecular weight is 453 g/mol. The normalized spacial score (nSPS) is 22.0. The van der Waals surface area contributed by atoms with Crippen molar-refractivity contribution >= 4 is 38.9 Å². The minimum Gasteiger partial charge on any atom is -0.390 e. The first-order valence-electron chi connectivity index (χ1n) is 8.95. The molecule has 0 aliphatic carbocycles. The van der Waals surface area contributed by atoms with Gasteiger partial charge < -0.3 is 15.6 Å². The Labute approximate surface area is 176 Å². The van der Waals surface area contributed by atoms with Gasteiger partial charge in [0.25, 0.3) is 0 Å². The molecule has 1 saturated heterocycles. The highest BCUT2D eigenvalue weighted by Gasteiger charge is 2.38. The van der Waals surface area contributed by atoms with Crippen LogP contribution < -0.4 is 10.9 Å². The maximum atomic E-state index is 11.0. The molecule has 3 atom stereocenters. The van der Waals surface area contributed by atoms with E-state index in [9.17, 15) is 13.5 Å². The fourth-order valence-corrected chi connectivity index (χ4v) is 4.57. The summed E-state index contributed by atoms with van der Waals surface area (Å²) in [6.07, 6.45) is -1.07. The van der Waals surface area contributed by atoms with Crippen molar-refractivity contribution in [1.82, 2.24) is 19.7 Å². The number of anilines is 1. The smallest absolute Gasteiger partial charge is 0.333 e. The van der Waals surface area contributed by atoms with E-state index in [1.165, 1.54) is 22.8 Å². The minimum absolute atomic E-state index is 0.161. The highest BCUT2D eigenvalue weighted by atomic mass is 32.2. The van der Waals surface area contributed by atoms with Crippen molar-refractivity contribution < 1.29 is 22.4 Å². The number of ether oxygens (including phenoxy) is 1. The summed E-state index contributed by atoms with van der Waals surface area (Å²) in [5.74, 6) is 0.272. The topological polar surface area (TPSA) is 168 Å². The summed E-state index contributed by atoms with van der Waals surface area (Å²) in [5, 5.41) is 20.9. The first kappa shape index (κ1) is 21.0. The van der Waals surface area contributed by atoms with Crippen molar-refractivity contribution in [2.24, 2.45) is 5.14 Å². The van der Waals surface area contributed by atoms with Gasteiger partial charge in [0, 0.05) is 11.3 Å². The van der Waals surface area contributed by atoms with E-state index in [0.29, 0.717) is 16.1 Å². The molecule has 0 saturated carbocycles. The molecular formula is C17H20N6O5S2. The Morgan fingerprint density at radius 1 is 1.40 bits per heavy atom. The minimum atomic E-state index is -4.15. The molecule has 1 fully saturated rings. The second kappa shape index (κ2) is 8.09. The van der Waals surface area contributed by atoms with Gasteiger partial charge in [0.05, 0.1) is 18.1 Å². The van der Waals surface area contributed by atoms with Gasteiger partial charge >= 0.3 is 10.3 Å². The van der Waals surface area contributed by atoms with E-state index in [2.05, 4.69) is 19.2 Å². The van der Waals surface area contributed by atoms with Crippen molar-refractivity contribution in [3.05, 3.63) is 36.2 Å². The molecule has 1 aliphatic rings. The number of aryl methyl sites for hydroxylation is 1. The fourth-order valence-electron chi connectivity index (χ4n) is 3.20. The molecule has 0 unspecified atom stereocenters. The van der Waals surface area contributed by atoms with Crippen LogP contribution in [0.1, 0.15) is 18.2 Å². The Morgan fingerprint density at radius 2 is 2.20 bits per heavy atom. The van der Waals surface area contributed by atoms with Crippen molar-refractivity contribution in [3.63, 3.8) is 0 Å². The van der Waals surface area contributed by atoms with E-state index in [0.717, 1.165) is 10.5 Å². The van der Waals surface area contributed by atoms with Gasteiger partial charge in [-0.3, -0.25) is 4.18 Å². The number of aliphatic hydroxyl groups is 1. The predicted octanol–water partition coefficient (Wildman–Crippen LogP) is 0.737. The third kappa shape index (κ3) is 4.40. The van der Waals surface area contributed by atoms with Gasteiger partial charge in [0.2, 0.25) is 0 Å². The largest absolute Gasteiger partial charge is 0.390 e. The van der Waals surface area contributed by atoms with Crippen LogP contribution in [0.4, 0.5) is 5.82 Å². The van der Waals surface area contributed by atoms with Gasteiger partial charge in [-0.1, -0.05) is 29.5 Å². The summed E-state index contributed by atoms with van der Waals surface area (Å²) in [4.78, 5) is 9.32. The van der Waals surface area contributed by atoms with E-state index in [1.807, 2.05) is 31.2 Å². The second-order valence-corrected chi connectivity index (χ2v) is 9.12. The summed E-state index contributed by atoms with van der Waals surface area (Å²) in [6, 6.07) is 7.92. The molecule has 3 heterocycles. The molecule has 13 heteroatoms. The zero-order valence-electron chi connectivity index (χ0n) is 15.9. The molecule has 0 spiro atoms. The molecule has 30 heavy (non-hydrogen) atoms. The third-order valence-electron chi connectivity index (χ3n) is 4.56. The van der Waals surface area contributed by atoms with Crippen LogP contribution >= 0.6 is 11.8 Å². The van der Waals surface area contributed by atoms with E-state index in [4.69, 9.17) is 15.6 Å². The van der Waals surface area contributed by atoms with E-state index in [1.54, 1.807) is 0 Å². The summed E-state index contributed by atoms with van der Waals surface area (Å²) in [7, 11) is -4.15. The number of rotatable bonds is 6. The van der Waals surface area contributed by atoms with Crippen LogP contribution in [0.25, 0.3) is 11.0 Å². The Balaban J connectivity index is 1.66. The Hall–Kier alpha value is -2.29. The number of nitrogens with two attached hydrogens (primary N) is 2. The summed E-state index contributed by atoms with van der Waals surface area (Å²) in [5.41, 5.74) is 7.65. The Morgan fingerprint density at radius 3 is 2.93 bits per heavy atom. The number of hydrogen-bond donors (Lipinski definition) is 3. The lowest BCUT2D eigenvalue weighted by Crippen LogP contribution is -2.30. The Kier molecular flexibility index (Phi) is 5.65. The predicted molar refractivity (Wildman–Crippen MR) is 109 cm³/mol. The number of benzene rings is 1. The molecule has 11 nitrogen and oxygen atoms in total. The van der Waals surface area contributed by atoms with Crippen molar-refractivity contribution in [3.8, 4) is 0 Å². The van der Waals surface area contributed by atoms with E-state index in [-0.39, 0.29) is 12.2 Å². The first-order valence-corrected chi connectivity index (χ1v) is 11.2. The van der Waals surface area contributed by atoms with E-state index >= 15 is 0 Å². The van der Waals surface area contributed by atoms with Gasteiger partial charge in [-0.25, -0.2) is 19.8 Å². The molecule has 0 radical (unpaired) electrons. The Bertz CT molecular complexity index is 1180. The van der Waals surface area contributed by atoms with E-state index < -0.39 is 35.3 Å². The zero-order valence-corrected chi connectivity index (χ0v) is 17.5. The molecular weight excluding hydrogens is 432 g/mol. The van der Waals surface area contributed by atoms with Crippen molar-refractivity contribution in [2.75, 3.05) is 12.3 Å². The maximum Gasteiger partial charge on any atom is 0.333 e. The van der Waals surface area contributed by atoms with Crippen LogP contribution in [-0.4, -0.2) is 52.1 Å². The molecule has 3 aromatic rings. The summed E-state index contributed by atoms with van der Waals surface area (Å²) >= 11 is 1.41. The number of nitrogens with zero attached hydrogens (tertiary/aromatic N) is 4. The quantitative estimate of drug-likeness (QED) is 0.485. The molecule has 4 rings (SSSR count). The standard InChI is InChI=1S/C17H20N6O5S2/c1-9-3-2-4-10(5-9)29-17-14-15(18)20-8-21-16(14)23(22-17)13-6-11(24)12(28-13)7-27-30(19,25)26/h2-5,8,11-13,24H,6-7H2,1H3,(H2,18,20,21)(H2,19,25,26)/t11-,12+,13+/m0/s1. The molecule has 5 N–H and O–H groups in total. The molecule has 0 bridgehead atoms. The average Bonchev–Trinajstić information content (AvgIpc) is 3.21. The lowest BCUT2D eigenvalue weighted by atomic mass is 10.2. The number of fused-ring (bicyclic) bond motifs is 1. The van der Waals surface area contributed by atoms with Crippen molar-refractivity contribution in [2.45, 2.75) is 41.7 Å². The third-order valence-corrected chi connectivity index (χ3v) is 6.00. The van der Waals surface area contributed by atoms with Gasteiger partial charge in [-0.2, -0.15) is 13.5 Å². The maximum absolute atomic E-state index is 11.0. The van der Waals surface area contributed by atoms with Crippen LogP contribution in [0.5, 0.6) is 0 Å². The summed E-state index contributed by atoms with van der Waals surface area (Å²) < 4.78 is 33.9. The SMILES string of the molecule is Cc1cccc(Sc2nn([C@H]3C[C@H](O)[C@@H](COS(N)(=O)=O)O3)c3ncnc(N)c23)c1. The number of aliphatic hydroxyl groups excluding tert-OH is 1. The molecule has 1 aliphatic heterocycles. The van der Waals surface area contributed by atoms with Gasteiger partial charge in [-0.05, 0) is 19.1 Å². The number of hydrogen-bond acceptors (Lipinski definition) is 10. The molecule has 160 valence electrons. The van der Waals surface area contributed by atoms with Crippen LogP contribution in [0.2, 0.25) is 0 Å². The van der Waals surface area contributed by atoms with Gasteiger partial charge in [-0.15, -0.1) is 0 Å². The first-order chi connectivity index (χ1) is 14.2. The van der Waals surface area contributed by atoms with Crippen LogP contribution in [0.3, 0.4) is 0 Å². The molecule has 1 aromatic carbocycles. The number of nitrogen functional groups attached to an aromatic ring is 1. The van der Waals surface area contributed by atoms with Gasteiger partial charge in [0.1, 0.15) is 23.3 Å². The summed E-state index contributed by atoms with van der Waals surface area (Å²) in [6.45, 7) is 1.59. The molecule has 0 amide bonds. The lowest BCUT2D eigenvalue weighted by molar-refractivity contribution is -0.0415. The highest BCUT2D eigenvalue weighted by Crippen LogP contribution is 2.38.